The van der Waals surface area contributed by atoms with Gasteiger partial charge in [-0.25, -0.2) is 0 Å². The molecule has 0 spiro atoms. The lowest BCUT2D eigenvalue weighted by Gasteiger charge is -2.01. The van der Waals surface area contributed by atoms with E-state index in [1.165, 1.54) is 0 Å². The molecule has 0 aliphatic heterocycles. The van der Waals surface area contributed by atoms with Gasteiger partial charge >= 0.3 is 0 Å². The minimum absolute atomic E-state index is 0.0497. The first-order valence-electron chi connectivity index (χ1n) is 4.20. The monoisotopic (exact) mass is 170 g/mol. The van der Waals surface area contributed by atoms with Gasteiger partial charge in [-0.3, -0.25) is 4.79 Å². The maximum atomic E-state index is 11.0. The van der Waals surface area contributed by atoms with Crippen LogP contribution in [0, 0.1) is 0 Å². The van der Waals surface area contributed by atoms with E-state index in [0.29, 0.717) is 12.7 Å². The maximum absolute atomic E-state index is 11.0. The summed E-state index contributed by atoms with van der Waals surface area (Å²) in [5, 5.41) is 2.66. The molecule has 0 unspecified atom stereocenters. The summed E-state index contributed by atoms with van der Waals surface area (Å²) >= 11 is 0. The van der Waals surface area contributed by atoms with Crippen LogP contribution in [-0.4, -0.2) is 21.2 Å². The summed E-state index contributed by atoms with van der Waals surface area (Å²) in [7, 11) is 6.90. The zero-order valence-electron chi connectivity index (χ0n) is 7.36. The van der Waals surface area contributed by atoms with Crippen molar-refractivity contribution in [2.75, 3.05) is 0 Å². The summed E-state index contributed by atoms with van der Waals surface area (Å²) in [5.41, 5.74) is 0.980. The number of nitrogens with one attached hydrogen (secondary N) is 1. The summed E-state index contributed by atoms with van der Waals surface area (Å²) in [4.78, 5) is 11.0. The van der Waals surface area contributed by atoms with Crippen molar-refractivity contribution < 1.29 is 4.79 Å². The molecule has 0 saturated carbocycles. The molecule has 0 atom stereocenters. The predicted octanol–water partition coefficient (Wildman–Crippen LogP) is 0.0242. The Bertz CT molecular complexity index is 264. The van der Waals surface area contributed by atoms with Crippen LogP contribution in [0.3, 0.4) is 0 Å². The molecule has 0 saturated heterocycles. The summed E-state index contributed by atoms with van der Waals surface area (Å²) < 4.78 is 0. The molecule has 0 aliphatic carbocycles. The Labute approximate surface area is 80.4 Å². The quantitative estimate of drug-likeness (QED) is 0.634. The van der Waals surface area contributed by atoms with Crippen LogP contribution in [0.2, 0.25) is 6.32 Å². The highest BCUT2D eigenvalue weighted by Crippen LogP contribution is 1.83. The molecule has 0 aliphatic rings. The van der Waals surface area contributed by atoms with Crippen molar-refractivity contribution in [3.8, 4) is 0 Å². The zero-order valence-corrected chi connectivity index (χ0v) is 7.36. The number of carbonyl (C=O) groups is 1. The Morgan fingerprint density at radius 3 is 2.69 bits per heavy atom. The average Bonchev–Trinajstić information content (AvgIpc) is 2.17. The Hall–Kier alpha value is -1.18. The fourth-order valence-electron chi connectivity index (χ4n) is 0.916. The van der Waals surface area contributed by atoms with Gasteiger partial charge in [0.1, 0.15) is 0 Å². The second-order valence-corrected chi connectivity index (χ2v) is 2.66. The molecule has 0 fully saturated rings. The summed E-state index contributed by atoms with van der Waals surface area (Å²) in [6.07, 6.45) is 0.748. The predicted molar refractivity (Wildman–Crippen MR) is 55.2 cm³/mol. The molecule has 1 amide bonds. The SMILES string of the molecule is [B]CCC(=O)N[B]c1ccccc1. The molecule has 63 valence electrons. The van der Waals surface area contributed by atoms with Crippen LogP contribution in [0.5, 0.6) is 0 Å². The van der Waals surface area contributed by atoms with Gasteiger partial charge in [0.25, 0.3) is 7.41 Å². The lowest BCUT2D eigenvalue weighted by Crippen LogP contribution is -2.35. The van der Waals surface area contributed by atoms with Gasteiger partial charge in [-0.05, 0) is 0 Å². The third-order valence-corrected chi connectivity index (χ3v) is 1.57. The van der Waals surface area contributed by atoms with Gasteiger partial charge < -0.3 is 5.23 Å². The van der Waals surface area contributed by atoms with Crippen LogP contribution in [0.4, 0.5) is 0 Å². The van der Waals surface area contributed by atoms with Gasteiger partial charge in [0.05, 0.1) is 7.85 Å². The van der Waals surface area contributed by atoms with E-state index in [9.17, 15) is 4.79 Å². The molecule has 2 nitrogen and oxygen atoms in total. The van der Waals surface area contributed by atoms with E-state index in [4.69, 9.17) is 7.85 Å². The maximum Gasteiger partial charge on any atom is 0.284 e. The highest BCUT2D eigenvalue weighted by atomic mass is 16.1. The minimum atomic E-state index is -0.0497. The topological polar surface area (TPSA) is 29.1 Å². The van der Waals surface area contributed by atoms with E-state index in [1.807, 2.05) is 30.3 Å². The number of rotatable bonds is 4. The van der Waals surface area contributed by atoms with E-state index < -0.39 is 0 Å². The Morgan fingerprint density at radius 1 is 1.38 bits per heavy atom. The van der Waals surface area contributed by atoms with Crippen molar-refractivity contribution in [3.63, 3.8) is 0 Å². The normalized spacial score (nSPS) is 9.23. The van der Waals surface area contributed by atoms with E-state index >= 15 is 0 Å². The number of hydrogen-bond donors (Lipinski definition) is 1. The van der Waals surface area contributed by atoms with Crippen LogP contribution in [-0.2, 0) is 4.79 Å². The third kappa shape index (κ3) is 3.83. The fourth-order valence-corrected chi connectivity index (χ4v) is 0.916. The Kier molecular flexibility index (Phi) is 4.16. The van der Waals surface area contributed by atoms with Crippen LogP contribution < -0.4 is 10.7 Å². The first kappa shape index (κ1) is 9.90. The molecule has 4 heteroatoms. The smallest absolute Gasteiger partial charge is 0.284 e. The molecule has 0 heterocycles. The number of carbonyl (C=O) groups excluding carboxylic acids is 1. The molecular formula is C9H10B2NO. The number of benzene rings is 1. The first-order chi connectivity index (χ1) is 6.33. The van der Waals surface area contributed by atoms with Gasteiger partial charge in [0, 0.05) is 6.42 Å². The van der Waals surface area contributed by atoms with Crippen LogP contribution in [0.1, 0.15) is 6.42 Å². The number of hydrogen-bond acceptors (Lipinski definition) is 1. The molecule has 1 N–H and O–H groups in total. The second-order valence-electron chi connectivity index (χ2n) is 2.66. The van der Waals surface area contributed by atoms with Gasteiger partial charge in [-0.15, -0.1) is 0 Å². The van der Waals surface area contributed by atoms with Crippen molar-refractivity contribution in [2.24, 2.45) is 0 Å². The van der Waals surface area contributed by atoms with E-state index in [-0.39, 0.29) is 5.91 Å². The molecular weight excluding hydrogens is 160 g/mol. The lowest BCUT2D eigenvalue weighted by molar-refractivity contribution is -0.119. The fraction of sp³-hybridized carbons (Fsp3) is 0.222. The van der Waals surface area contributed by atoms with E-state index in [2.05, 4.69) is 5.23 Å². The van der Waals surface area contributed by atoms with E-state index in [0.717, 1.165) is 5.46 Å². The minimum Gasteiger partial charge on any atom is -0.398 e. The van der Waals surface area contributed by atoms with Gasteiger partial charge in [-0.2, -0.15) is 0 Å². The molecule has 1 rings (SSSR count). The van der Waals surface area contributed by atoms with E-state index in [1.54, 1.807) is 7.41 Å². The van der Waals surface area contributed by atoms with Gasteiger partial charge in [-0.1, -0.05) is 42.1 Å². The second kappa shape index (κ2) is 5.46. The lowest BCUT2D eigenvalue weighted by atomic mass is 9.82. The largest absolute Gasteiger partial charge is 0.398 e. The molecule has 0 bridgehead atoms. The molecule has 13 heavy (non-hydrogen) atoms. The Morgan fingerprint density at radius 2 is 2.08 bits per heavy atom. The summed E-state index contributed by atoms with van der Waals surface area (Å²) in [6.45, 7) is 0. The van der Waals surface area contributed by atoms with Crippen molar-refractivity contribution in [1.29, 1.82) is 0 Å². The van der Waals surface area contributed by atoms with Gasteiger partial charge in [0.15, 0.2) is 0 Å². The molecule has 1 aromatic rings. The highest BCUT2D eigenvalue weighted by molar-refractivity contribution is 6.53. The summed E-state index contributed by atoms with van der Waals surface area (Å²) in [5.74, 6) is -0.0497. The first-order valence-corrected chi connectivity index (χ1v) is 4.20. The van der Waals surface area contributed by atoms with Crippen LogP contribution >= 0.6 is 0 Å². The molecule has 3 radical (unpaired) electrons. The number of amides is 1. The Balaban J connectivity index is 2.31. The van der Waals surface area contributed by atoms with Gasteiger partial charge in [0.2, 0.25) is 5.91 Å². The van der Waals surface area contributed by atoms with Crippen molar-refractivity contribution >= 4 is 26.6 Å². The van der Waals surface area contributed by atoms with Crippen molar-refractivity contribution in [1.82, 2.24) is 5.23 Å². The van der Waals surface area contributed by atoms with Crippen LogP contribution in [0.15, 0.2) is 30.3 Å². The van der Waals surface area contributed by atoms with Crippen LogP contribution in [0.25, 0.3) is 0 Å². The van der Waals surface area contributed by atoms with Crippen molar-refractivity contribution in [2.45, 2.75) is 12.7 Å². The zero-order chi connectivity index (χ0) is 9.52. The molecule has 1 aromatic carbocycles. The summed E-state index contributed by atoms with van der Waals surface area (Å²) in [6, 6.07) is 9.60. The van der Waals surface area contributed by atoms with Crippen molar-refractivity contribution in [3.05, 3.63) is 30.3 Å². The third-order valence-electron chi connectivity index (χ3n) is 1.57. The average molecular weight is 170 g/mol. The molecule has 0 aromatic heterocycles. The standard InChI is InChI=1S/C9H10B2NO/c10-7-6-9(13)12-11-8-4-2-1-3-5-8/h1-5H,6-7H2,(H,12,13). The highest BCUT2D eigenvalue weighted by Gasteiger charge is 2.00.